The summed E-state index contributed by atoms with van der Waals surface area (Å²) in [7, 11) is -13.8. The van der Waals surface area contributed by atoms with Crippen LogP contribution in [0.3, 0.4) is 0 Å². The van der Waals surface area contributed by atoms with Gasteiger partial charge in [0.05, 0.1) is 9.79 Å². The van der Waals surface area contributed by atoms with Gasteiger partial charge in [0.25, 0.3) is 20.2 Å². The van der Waals surface area contributed by atoms with Crippen molar-refractivity contribution in [1.82, 2.24) is 0 Å². The van der Waals surface area contributed by atoms with Crippen molar-refractivity contribution in [3.05, 3.63) is 174 Å². The summed E-state index contributed by atoms with van der Waals surface area (Å²) in [4.78, 5) is 12.1. The minimum absolute atomic E-state index is 0.0258. The second-order valence-electron chi connectivity index (χ2n) is 17.4. The Morgan fingerprint density at radius 1 is 0.471 bits per heavy atom. The maximum Gasteiger partial charge on any atom is 0.298 e. The van der Waals surface area contributed by atoms with Gasteiger partial charge in [-0.25, -0.2) is 8.42 Å². The molecule has 0 fully saturated rings. The fraction of sp³-hybridized carbons (Fsp3) is 0.173. The maximum atomic E-state index is 13.4. The minimum atomic E-state index is -4.95. The number of ketones is 1. The lowest BCUT2D eigenvalue weighted by molar-refractivity contribution is 0.103. The molecule has 7 aromatic rings. The molecule has 0 aliphatic rings. The molecular weight excluding hydrogens is 929 g/mol. The minimum Gasteiger partial charge on any atom is -0.488 e. The Labute approximate surface area is 396 Å². The number of ether oxygens (including phenoxy) is 4. The molecule has 0 heterocycles. The molecule has 0 aliphatic carbocycles. The van der Waals surface area contributed by atoms with E-state index in [1.165, 1.54) is 72.8 Å². The lowest BCUT2D eigenvalue weighted by atomic mass is 9.82. The summed E-state index contributed by atoms with van der Waals surface area (Å²) in [6.45, 7) is 12.1. The van der Waals surface area contributed by atoms with E-state index in [9.17, 15) is 39.2 Å². The Morgan fingerprint density at radius 3 is 1.21 bits per heavy atom. The number of carbonyl (C=O) groups excluding carboxylic acids is 1. The van der Waals surface area contributed by atoms with Crippen LogP contribution in [0.2, 0.25) is 0 Å². The van der Waals surface area contributed by atoms with Gasteiger partial charge in [0.1, 0.15) is 55.6 Å². The van der Waals surface area contributed by atoms with Crippen LogP contribution < -0.4 is 18.9 Å². The molecule has 0 spiro atoms. The largest absolute Gasteiger partial charge is 0.488 e. The van der Waals surface area contributed by atoms with E-state index >= 15 is 0 Å². The summed E-state index contributed by atoms with van der Waals surface area (Å²) in [5.41, 5.74) is 1.45. The van der Waals surface area contributed by atoms with E-state index < -0.39 is 39.9 Å². The predicted molar refractivity (Wildman–Crippen MR) is 257 cm³/mol. The third-order valence-electron chi connectivity index (χ3n) is 10.9. The van der Waals surface area contributed by atoms with Gasteiger partial charge >= 0.3 is 0 Å². The van der Waals surface area contributed by atoms with Crippen molar-refractivity contribution in [3.8, 4) is 51.4 Å². The van der Waals surface area contributed by atoms with Crippen LogP contribution in [0.4, 0.5) is 0 Å². The second kappa shape index (κ2) is 19.1. The molecule has 13 nitrogen and oxygen atoms in total. The van der Waals surface area contributed by atoms with Crippen molar-refractivity contribution in [2.75, 3.05) is 0 Å². The molecule has 0 saturated heterocycles. The Bertz CT molecular complexity index is 3310. The van der Waals surface area contributed by atoms with E-state index in [1.54, 1.807) is 60.7 Å². The third-order valence-corrected chi connectivity index (χ3v) is 14.4. The molecule has 0 saturated carbocycles. The molecule has 0 atom stereocenters. The van der Waals surface area contributed by atoms with Gasteiger partial charge in [-0.3, -0.25) is 13.9 Å². The van der Waals surface area contributed by atoms with Crippen LogP contribution in [0.1, 0.15) is 69.4 Å². The smallest absolute Gasteiger partial charge is 0.298 e. The van der Waals surface area contributed by atoms with Crippen molar-refractivity contribution >= 4 is 35.9 Å². The summed E-state index contributed by atoms with van der Waals surface area (Å²) in [6.07, 6.45) is 0.867. The van der Waals surface area contributed by atoms with Crippen LogP contribution >= 0.6 is 0 Å². The van der Waals surface area contributed by atoms with Crippen LogP contribution in [0.15, 0.2) is 177 Å². The summed E-state index contributed by atoms with van der Waals surface area (Å²) in [5, 5.41) is 0. The maximum absolute atomic E-state index is 13.4. The highest BCUT2D eigenvalue weighted by Gasteiger charge is 2.25. The van der Waals surface area contributed by atoms with Crippen LogP contribution in [0.5, 0.6) is 40.2 Å². The van der Waals surface area contributed by atoms with Gasteiger partial charge in [-0.15, -0.1) is 0 Å². The Hall–Kier alpha value is -6.82. The van der Waals surface area contributed by atoms with Gasteiger partial charge in [-0.2, -0.15) is 16.8 Å². The normalized spacial score (nSPS) is 12.3. The lowest BCUT2D eigenvalue weighted by Gasteiger charge is -2.23. The highest BCUT2D eigenvalue weighted by atomic mass is 32.2. The SMILES string of the molecule is CCC(C)(C)c1ccc(S(=O)(=O)c2ccc(Oc3ccc(-c4ccc(Oc5ccc(C(=O)c6ccc(Oc7ccc(OC(C)(C)C)cc7)cc6)cc5)c(S(=O)(=O)O)c4)cc3S(=O)(=O)O)cc2)cc1. The zero-order chi connectivity index (χ0) is 49.2. The van der Waals surface area contributed by atoms with E-state index in [4.69, 9.17) is 18.9 Å². The highest BCUT2D eigenvalue weighted by Crippen LogP contribution is 2.38. The molecule has 2 N–H and O–H groups in total. The van der Waals surface area contributed by atoms with Crippen LogP contribution in [0.25, 0.3) is 11.1 Å². The fourth-order valence-corrected chi connectivity index (χ4v) is 9.43. The standard InChI is InChI=1S/C52H48O13S3/c1-7-52(5,6)38-14-26-44(27-15-38)66(54,55)45-28-24-42(25-29-45)64-47-31-13-37(33-49(47)68(59,60)61)36-12-30-46(48(32-36)67(56,57)58)63-41-18-10-35(11-19-41)50(53)34-8-16-39(17-9-34)62-40-20-22-43(23-21-40)65-51(2,3)4/h8-33H,7H2,1-6H3,(H,56,57,58)(H,59,60,61). The number of rotatable bonds is 16. The van der Waals surface area contributed by atoms with E-state index in [0.29, 0.717) is 28.4 Å². The molecule has 0 bridgehead atoms. The Morgan fingerprint density at radius 2 is 0.824 bits per heavy atom. The van der Waals surface area contributed by atoms with Crippen molar-refractivity contribution < 1.29 is 58.1 Å². The summed E-state index contributed by atoms with van der Waals surface area (Å²) >= 11 is 0. The van der Waals surface area contributed by atoms with E-state index in [2.05, 4.69) is 20.8 Å². The van der Waals surface area contributed by atoms with Crippen molar-refractivity contribution in [2.24, 2.45) is 0 Å². The Kier molecular flexibility index (Phi) is 13.8. The summed E-state index contributed by atoms with van der Waals surface area (Å²) in [5.74, 6) is 1.11. The molecule has 16 heteroatoms. The van der Waals surface area contributed by atoms with Gasteiger partial charge in [-0.05, 0) is 183 Å². The van der Waals surface area contributed by atoms with E-state index in [0.717, 1.165) is 24.1 Å². The Balaban J connectivity index is 1.04. The van der Waals surface area contributed by atoms with Gasteiger partial charge < -0.3 is 18.9 Å². The zero-order valence-electron chi connectivity index (χ0n) is 37.8. The number of hydrogen-bond acceptors (Lipinski definition) is 11. The summed E-state index contributed by atoms with van der Waals surface area (Å²) < 4.78 is 121. The molecule has 0 amide bonds. The second-order valence-corrected chi connectivity index (χ2v) is 22.1. The third kappa shape index (κ3) is 11.6. The molecular formula is C52H48O13S3. The van der Waals surface area contributed by atoms with E-state index in [1.807, 2.05) is 32.9 Å². The number of carbonyl (C=O) groups is 1. The molecule has 0 aliphatic heterocycles. The van der Waals surface area contributed by atoms with Crippen molar-refractivity contribution in [2.45, 2.75) is 78.6 Å². The van der Waals surface area contributed by atoms with Crippen molar-refractivity contribution in [3.63, 3.8) is 0 Å². The predicted octanol–water partition coefficient (Wildman–Crippen LogP) is 12.2. The highest BCUT2D eigenvalue weighted by molar-refractivity contribution is 7.91. The van der Waals surface area contributed by atoms with E-state index in [-0.39, 0.29) is 60.7 Å². The van der Waals surface area contributed by atoms with Gasteiger partial charge in [0.15, 0.2) is 5.78 Å². The van der Waals surface area contributed by atoms with Crippen LogP contribution in [-0.4, -0.2) is 45.7 Å². The van der Waals surface area contributed by atoms with Gasteiger partial charge in [0, 0.05) is 11.1 Å². The first-order valence-corrected chi connectivity index (χ1v) is 25.5. The molecule has 7 rings (SSSR count). The van der Waals surface area contributed by atoms with Crippen LogP contribution in [-0.2, 0) is 35.5 Å². The average Bonchev–Trinajstić information content (AvgIpc) is 3.29. The number of hydrogen-bond donors (Lipinski definition) is 2. The topological polar surface area (TPSA) is 197 Å². The molecule has 68 heavy (non-hydrogen) atoms. The average molecular weight is 977 g/mol. The first kappa shape index (κ1) is 49.1. The molecule has 0 radical (unpaired) electrons. The zero-order valence-corrected chi connectivity index (χ0v) is 40.3. The van der Waals surface area contributed by atoms with Crippen molar-refractivity contribution in [1.29, 1.82) is 0 Å². The quantitative estimate of drug-likeness (QED) is 0.0686. The van der Waals surface area contributed by atoms with Gasteiger partial charge in [0.2, 0.25) is 9.84 Å². The molecule has 352 valence electrons. The molecule has 7 aromatic carbocycles. The molecule has 0 aromatic heterocycles. The first-order valence-electron chi connectivity index (χ1n) is 21.2. The fourth-order valence-electron chi connectivity index (χ4n) is 6.89. The van der Waals surface area contributed by atoms with Gasteiger partial charge in [-0.1, -0.05) is 45.0 Å². The lowest BCUT2D eigenvalue weighted by Crippen LogP contribution is -2.22. The first-order chi connectivity index (χ1) is 31.9. The van der Waals surface area contributed by atoms with Crippen LogP contribution in [0, 0.1) is 0 Å². The number of benzene rings is 7. The summed E-state index contributed by atoms with van der Waals surface area (Å²) in [6, 6.07) is 39.1. The monoisotopic (exact) mass is 976 g/mol. The number of sulfone groups is 1. The molecule has 0 unspecified atom stereocenters.